The Labute approximate surface area is 149 Å². The average molecular weight is 341 g/mol. The van der Waals surface area contributed by atoms with E-state index in [1.54, 1.807) is 6.26 Å². The number of nitrogens with one attached hydrogen (secondary N) is 1. The molecule has 0 amide bonds. The summed E-state index contributed by atoms with van der Waals surface area (Å²) in [5, 5.41) is 3.50. The van der Waals surface area contributed by atoms with Crippen LogP contribution in [-0.2, 0) is 6.42 Å². The molecular weight excluding hydrogens is 314 g/mol. The number of aliphatic imine (C=N–C) groups is 1. The molecule has 0 spiro atoms. The second kappa shape index (κ2) is 9.11. The van der Waals surface area contributed by atoms with E-state index in [0.29, 0.717) is 0 Å². The number of pyridine rings is 1. The number of guanidine groups is 1. The van der Waals surface area contributed by atoms with Gasteiger partial charge in [-0.25, -0.2) is 4.98 Å². The molecule has 0 bridgehead atoms. The molecule has 1 saturated heterocycles. The summed E-state index contributed by atoms with van der Waals surface area (Å²) in [6, 6.07) is 10.0. The molecule has 2 aromatic rings. The van der Waals surface area contributed by atoms with Crippen LogP contribution in [0.15, 0.2) is 52.2 Å². The molecule has 3 rings (SSSR count). The molecular formula is C19H27N5O. The molecule has 0 unspecified atom stereocenters. The number of hydrogen-bond acceptors (Lipinski definition) is 4. The molecule has 1 fully saturated rings. The van der Waals surface area contributed by atoms with Crippen LogP contribution in [0.25, 0.3) is 0 Å². The Balaban J connectivity index is 1.53. The first-order chi connectivity index (χ1) is 12.4. The number of anilines is 1. The van der Waals surface area contributed by atoms with E-state index < -0.39 is 0 Å². The molecule has 1 N–H and O–H groups in total. The fourth-order valence-electron chi connectivity index (χ4n) is 2.93. The average Bonchev–Trinajstić information content (AvgIpc) is 3.19. The highest BCUT2D eigenvalue weighted by Crippen LogP contribution is 2.12. The van der Waals surface area contributed by atoms with Gasteiger partial charge in [0.1, 0.15) is 11.6 Å². The van der Waals surface area contributed by atoms with Gasteiger partial charge in [0.25, 0.3) is 0 Å². The van der Waals surface area contributed by atoms with E-state index in [-0.39, 0.29) is 0 Å². The van der Waals surface area contributed by atoms with Crippen molar-refractivity contribution in [1.29, 1.82) is 0 Å². The van der Waals surface area contributed by atoms with E-state index >= 15 is 0 Å². The molecule has 0 radical (unpaired) electrons. The first-order valence-electron chi connectivity index (χ1n) is 9.08. The van der Waals surface area contributed by atoms with Crippen molar-refractivity contribution in [2.24, 2.45) is 4.99 Å². The maximum absolute atomic E-state index is 5.40. The molecule has 25 heavy (non-hydrogen) atoms. The Morgan fingerprint density at radius 1 is 1.20 bits per heavy atom. The maximum atomic E-state index is 5.40. The van der Waals surface area contributed by atoms with Gasteiger partial charge in [-0.1, -0.05) is 13.0 Å². The van der Waals surface area contributed by atoms with Crippen molar-refractivity contribution in [3.8, 4) is 0 Å². The molecule has 0 aliphatic carbocycles. The Morgan fingerprint density at radius 2 is 2.08 bits per heavy atom. The van der Waals surface area contributed by atoms with Crippen molar-refractivity contribution in [1.82, 2.24) is 15.2 Å². The van der Waals surface area contributed by atoms with Crippen LogP contribution in [0.3, 0.4) is 0 Å². The molecule has 3 heterocycles. The van der Waals surface area contributed by atoms with E-state index in [1.807, 2.05) is 30.5 Å². The van der Waals surface area contributed by atoms with Gasteiger partial charge in [-0.3, -0.25) is 4.99 Å². The van der Waals surface area contributed by atoms with Crippen molar-refractivity contribution < 1.29 is 4.42 Å². The van der Waals surface area contributed by atoms with Crippen molar-refractivity contribution >= 4 is 11.8 Å². The zero-order valence-electron chi connectivity index (χ0n) is 14.9. The summed E-state index contributed by atoms with van der Waals surface area (Å²) in [6.45, 7) is 7.66. The smallest absolute Gasteiger partial charge is 0.194 e. The summed E-state index contributed by atoms with van der Waals surface area (Å²) < 4.78 is 5.40. The Bertz CT molecular complexity index is 633. The molecule has 1 aliphatic heterocycles. The molecule has 0 atom stereocenters. The first-order valence-corrected chi connectivity index (χ1v) is 9.08. The van der Waals surface area contributed by atoms with Crippen molar-refractivity contribution in [3.63, 3.8) is 0 Å². The zero-order chi connectivity index (χ0) is 17.3. The highest BCUT2D eigenvalue weighted by atomic mass is 16.3. The van der Waals surface area contributed by atoms with Gasteiger partial charge >= 0.3 is 0 Å². The van der Waals surface area contributed by atoms with E-state index in [9.17, 15) is 0 Å². The lowest BCUT2D eigenvalue weighted by Crippen LogP contribution is -2.53. The van der Waals surface area contributed by atoms with Gasteiger partial charge in [-0.15, -0.1) is 0 Å². The summed E-state index contributed by atoms with van der Waals surface area (Å²) >= 11 is 0. The lowest BCUT2D eigenvalue weighted by atomic mass is 10.3. The predicted molar refractivity (Wildman–Crippen MR) is 101 cm³/mol. The van der Waals surface area contributed by atoms with Crippen LogP contribution in [0.5, 0.6) is 0 Å². The number of piperazine rings is 1. The fraction of sp³-hybridized carbons (Fsp3) is 0.474. The second-order valence-corrected chi connectivity index (χ2v) is 6.12. The minimum absolute atomic E-state index is 0.830. The van der Waals surface area contributed by atoms with Crippen LogP contribution in [0.1, 0.15) is 19.1 Å². The number of rotatable bonds is 6. The molecule has 0 aromatic carbocycles. The van der Waals surface area contributed by atoms with E-state index in [2.05, 4.69) is 33.1 Å². The largest absolute Gasteiger partial charge is 0.469 e. The van der Waals surface area contributed by atoms with Gasteiger partial charge in [0, 0.05) is 51.9 Å². The van der Waals surface area contributed by atoms with Crippen LogP contribution < -0.4 is 10.2 Å². The molecule has 1 aliphatic rings. The van der Waals surface area contributed by atoms with Gasteiger partial charge in [-0.2, -0.15) is 0 Å². The summed E-state index contributed by atoms with van der Waals surface area (Å²) in [5.74, 6) is 3.07. The van der Waals surface area contributed by atoms with Crippen molar-refractivity contribution in [2.45, 2.75) is 19.8 Å². The number of hydrogen-bond donors (Lipinski definition) is 1. The van der Waals surface area contributed by atoms with Crippen molar-refractivity contribution in [2.75, 3.05) is 44.2 Å². The summed E-state index contributed by atoms with van der Waals surface area (Å²) in [4.78, 5) is 13.9. The third-order valence-corrected chi connectivity index (χ3v) is 4.27. The van der Waals surface area contributed by atoms with E-state index in [1.165, 1.54) is 0 Å². The number of furan rings is 1. The zero-order valence-corrected chi connectivity index (χ0v) is 14.9. The quantitative estimate of drug-likeness (QED) is 0.646. The van der Waals surface area contributed by atoms with Gasteiger partial charge in [0.2, 0.25) is 0 Å². The first kappa shape index (κ1) is 17.3. The lowest BCUT2D eigenvalue weighted by molar-refractivity contribution is 0.370. The van der Waals surface area contributed by atoms with Gasteiger partial charge < -0.3 is 19.5 Å². The second-order valence-electron chi connectivity index (χ2n) is 6.12. The molecule has 134 valence electrons. The van der Waals surface area contributed by atoms with Crippen LogP contribution >= 0.6 is 0 Å². The third-order valence-electron chi connectivity index (χ3n) is 4.27. The van der Waals surface area contributed by atoms with Gasteiger partial charge in [-0.05, 0) is 30.7 Å². The lowest BCUT2D eigenvalue weighted by Gasteiger charge is -2.37. The van der Waals surface area contributed by atoms with E-state index in [4.69, 9.17) is 9.41 Å². The maximum Gasteiger partial charge on any atom is 0.194 e. The summed E-state index contributed by atoms with van der Waals surface area (Å²) in [5.41, 5.74) is 0. The fourth-order valence-corrected chi connectivity index (χ4v) is 2.93. The highest BCUT2D eigenvalue weighted by Gasteiger charge is 2.20. The standard InChI is InChI=1S/C19H27N5O/c1-2-9-21-19(22-11-8-17-6-5-16-25-17)24-14-12-23(13-15-24)18-7-3-4-10-20-18/h3-7,10,16H,2,8-9,11-15H2,1H3,(H,21,22). The highest BCUT2D eigenvalue weighted by molar-refractivity contribution is 5.80. The van der Waals surface area contributed by atoms with Crippen LogP contribution in [-0.4, -0.2) is 55.1 Å². The minimum Gasteiger partial charge on any atom is -0.469 e. The predicted octanol–water partition coefficient (Wildman–Crippen LogP) is 2.39. The molecule has 6 heteroatoms. The number of nitrogens with zero attached hydrogens (tertiary/aromatic N) is 4. The van der Waals surface area contributed by atoms with Crippen molar-refractivity contribution in [3.05, 3.63) is 48.6 Å². The Kier molecular flexibility index (Phi) is 6.31. The van der Waals surface area contributed by atoms with Crippen LogP contribution in [0.4, 0.5) is 5.82 Å². The monoisotopic (exact) mass is 341 g/mol. The number of aromatic nitrogens is 1. The molecule has 6 nitrogen and oxygen atoms in total. The topological polar surface area (TPSA) is 56.9 Å². The molecule has 2 aromatic heterocycles. The van der Waals surface area contributed by atoms with E-state index in [0.717, 1.165) is 69.6 Å². The Morgan fingerprint density at radius 3 is 2.76 bits per heavy atom. The third kappa shape index (κ3) is 4.98. The Hall–Kier alpha value is -2.50. The minimum atomic E-state index is 0.830. The van der Waals surface area contributed by atoms with Crippen LogP contribution in [0, 0.1) is 0 Å². The van der Waals surface area contributed by atoms with Gasteiger partial charge in [0.15, 0.2) is 5.96 Å². The molecule has 0 saturated carbocycles. The normalized spacial score (nSPS) is 15.5. The van der Waals surface area contributed by atoms with Gasteiger partial charge in [0.05, 0.1) is 6.26 Å². The SMILES string of the molecule is CCCN=C(NCCc1ccco1)N1CCN(c2ccccn2)CC1. The summed E-state index contributed by atoms with van der Waals surface area (Å²) in [7, 11) is 0. The summed E-state index contributed by atoms with van der Waals surface area (Å²) in [6.07, 6.45) is 5.49. The van der Waals surface area contributed by atoms with Crippen LogP contribution in [0.2, 0.25) is 0 Å².